The molecule has 0 unspecified atom stereocenters. The van der Waals surface area contributed by atoms with E-state index >= 15 is 0 Å². The van der Waals surface area contributed by atoms with Gasteiger partial charge in [-0.2, -0.15) is 0 Å². The number of hydrogen-bond donors (Lipinski definition) is 1. The van der Waals surface area contributed by atoms with Gasteiger partial charge < -0.3 is 14.8 Å². The second-order valence-electron chi connectivity index (χ2n) is 4.73. The number of hydrogen-bond acceptors (Lipinski definition) is 3. The highest BCUT2D eigenvalue weighted by Gasteiger charge is 2.24. The van der Waals surface area contributed by atoms with E-state index in [0.29, 0.717) is 13.2 Å². The highest BCUT2D eigenvalue weighted by Crippen LogP contribution is 2.19. The number of carbonyl (C=O) groups is 1. The van der Waals surface area contributed by atoms with Crippen LogP contribution in [0.4, 0.5) is 0 Å². The van der Waals surface area contributed by atoms with E-state index in [0.717, 1.165) is 24.2 Å². The molecule has 1 N–H and O–H groups in total. The maximum Gasteiger partial charge on any atom is 0.249 e. The van der Waals surface area contributed by atoms with Crippen LogP contribution in [0.2, 0.25) is 0 Å². The van der Waals surface area contributed by atoms with Crippen LogP contribution in [0.25, 0.3) is 0 Å². The zero-order valence-corrected chi connectivity index (χ0v) is 11.5. The van der Waals surface area contributed by atoms with Crippen molar-refractivity contribution in [2.24, 2.45) is 0 Å². The smallest absolute Gasteiger partial charge is 0.249 e. The number of carbonyl (C=O) groups excluding carboxylic acids is 1. The zero-order valence-electron chi connectivity index (χ0n) is 11.5. The van der Waals surface area contributed by atoms with E-state index in [1.807, 2.05) is 38.1 Å². The standard InChI is InChI=1S/C15H21NO3/c1-3-18-13-8-6-12(7-9-13)11(2)16-15(17)14-5-4-10-19-14/h6-9,11,14H,3-5,10H2,1-2H3,(H,16,17)/t11-,14+/m0/s1. The van der Waals surface area contributed by atoms with Crippen molar-refractivity contribution < 1.29 is 14.3 Å². The van der Waals surface area contributed by atoms with Crippen molar-refractivity contribution in [2.75, 3.05) is 13.2 Å². The van der Waals surface area contributed by atoms with Crippen LogP contribution >= 0.6 is 0 Å². The Morgan fingerprint density at radius 2 is 2.21 bits per heavy atom. The summed E-state index contributed by atoms with van der Waals surface area (Å²) in [4.78, 5) is 11.9. The fourth-order valence-electron chi connectivity index (χ4n) is 2.19. The van der Waals surface area contributed by atoms with Crippen LogP contribution in [0.15, 0.2) is 24.3 Å². The van der Waals surface area contributed by atoms with E-state index in [9.17, 15) is 4.79 Å². The third-order valence-corrected chi connectivity index (χ3v) is 3.27. The summed E-state index contributed by atoms with van der Waals surface area (Å²) in [6.45, 7) is 5.28. The Hall–Kier alpha value is -1.55. The summed E-state index contributed by atoms with van der Waals surface area (Å²) in [5.41, 5.74) is 1.06. The highest BCUT2D eigenvalue weighted by molar-refractivity contribution is 5.81. The van der Waals surface area contributed by atoms with Gasteiger partial charge in [0.25, 0.3) is 0 Å². The lowest BCUT2D eigenvalue weighted by Gasteiger charge is -2.17. The summed E-state index contributed by atoms with van der Waals surface area (Å²) >= 11 is 0. The first-order valence-electron chi connectivity index (χ1n) is 6.85. The fourth-order valence-corrected chi connectivity index (χ4v) is 2.19. The Kier molecular flexibility index (Phi) is 4.80. The summed E-state index contributed by atoms with van der Waals surface area (Å²) < 4.78 is 10.8. The molecule has 4 nitrogen and oxygen atoms in total. The molecule has 4 heteroatoms. The van der Waals surface area contributed by atoms with Crippen LogP contribution in [-0.2, 0) is 9.53 Å². The van der Waals surface area contributed by atoms with Gasteiger partial charge in [-0.25, -0.2) is 0 Å². The minimum absolute atomic E-state index is 0.0149. The van der Waals surface area contributed by atoms with Gasteiger partial charge in [0.15, 0.2) is 0 Å². The molecule has 19 heavy (non-hydrogen) atoms. The lowest BCUT2D eigenvalue weighted by molar-refractivity contribution is -0.130. The summed E-state index contributed by atoms with van der Waals surface area (Å²) in [5, 5.41) is 2.98. The summed E-state index contributed by atoms with van der Waals surface area (Å²) in [6, 6.07) is 7.78. The molecule has 1 aliphatic rings. The second kappa shape index (κ2) is 6.57. The van der Waals surface area contributed by atoms with E-state index < -0.39 is 0 Å². The van der Waals surface area contributed by atoms with Gasteiger partial charge in [0, 0.05) is 6.61 Å². The van der Waals surface area contributed by atoms with Crippen molar-refractivity contribution in [3.63, 3.8) is 0 Å². The lowest BCUT2D eigenvalue weighted by Crippen LogP contribution is -2.35. The van der Waals surface area contributed by atoms with Crippen molar-refractivity contribution >= 4 is 5.91 Å². The molecule has 0 bridgehead atoms. The first-order chi connectivity index (χ1) is 9.20. The van der Waals surface area contributed by atoms with E-state index in [4.69, 9.17) is 9.47 Å². The monoisotopic (exact) mass is 263 g/mol. The van der Waals surface area contributed by atoms with Crippen molar-refractivity contribution in [1.82, 2.24) is 5.32 Å². The Morgan fingerprint density at radius 1 is 1.47 bits per heavy atom. The predicted molar refractivity (Wildman–Crippen MR) is 73.1 cm³/mol. The molecule has 1 aliphatic heterocycles. The Bertz CT molecular complexity index is 410. The predicted octanol–water partition coefficient (Wildman–Crippen LogP) is 2.44. The summed E-state index contributed by atoms with van der Waals surface area (Å²) in [5.74, 6) is 0.836. The maximum atomic E-state index is 11.9. The average molecular weight is 263 g/mol. The van der Waals surface area contributed by atoms with Gasteiger partial charge in [-0.15, -0.1) is 0 Å². The van der Waals surface area contributed by atoms with Crippen molar-refractivity contribution in [1.29, 1.82) is 0 Å². The number of ether oxygens (including phenoxy) is 2. The molecule has 1 aromatic carbocycles. The quantitative estimate of drug-likeness (QED) is 0.887. The zero-order chi connectivity index (χ0) is 13.7. The molecule has 1 saturated heterocycles. The first-order valence-corrected chi connectivity index (χ1v) is 6.85. The maximum absolute atomic E-state index is 11.9. The molecule has 1 aromatic rings. The lowest BCUT2D eigenvalue weighted by atomic mass is 10.1. The summed E-state index contributed by atoms with van der Waals surface area (Å²) in [6.07, 6.45) is 1.52. The molecule has 2 rings (SSSR count). The molecule has 1 amide bonds. The molecule has 0 saturated carbocycles. The number of rotatable bonds is 5. The topological polar surface area (TPSA) is 47.6 Å². The molecular weight excluding hydrogens is 242 g/mol. The normalized spacial score (nSPS) is 20.0. The molecule has 2 atom stereocenters. The molecular formula is C15H21NO3. The number of nitrogens with one attached hydrogen (secondary N) is 1. The highest BCUT2D eigenvalue weighted by atomic mass is 16.5. The van der Waals surface area contributed by atoms with Crippen LogP contribution < -0.4 is 10.1 Å². The molecule has 0 spiro atoms. The minimum atomic E-state index is -0.273. The van der Waals surface area contributed by atoms with E-state index in [1.165, 1.54) is 0 Å². The van der Waals surface area contributed by atoms with Crippen molar-refractivity contribution in [2.45, 2.75) is 38.8 Å². The van der Waals surface area contributed by atoms with E-state index in [-0.39, 0.29) is 18.1 Å². The fraction of sp³-hybridized carbons (Fsp3) is 0.533. The van der Waals surface area contributed by atoms with E-state index in [1.54, 1.807) is 0 Å². The van der Waals surface area contributed by atoms with Crippen LogP contribution in [0, 0.1) is 0 Å². The third-order valence-electron chi connectivity index (χ3n) is 3.27. The van der Waals surface area contributed by atoms with Gasteiger partial charge in [-0.3, -0.25) is 4.79 Å². The average Bonchev–Trinajstić information content (AvgIpc) is 2.94. The van der Waals surface area contributed by atoms with E-state index in [2.05, 4.69) is 5.32 Å². The SMILES string of the molecule is CCOc1ccc([C@H](C)NC(=O)[C@H]2CCCO2)cc1. The molecule has 0 radical (unpaired) electrons. The Morgan fingerprint density at radius 3 is 2.79 bits per heavy atom. The van der Waals surface area contributed by atoms with Gasteiger partial charge in [0.2, 0.25) is 5.91 Å². The van der Waals surface area contributed by atoms with Gasteiger partial charge in [0.1, 0.15) is 11.9 Å². The second-order valence-corrected chi connectivity index (χ2v) is 4.73. The van der Waals surface area contributed by atoms with Gasteiger partial charge in [0.05, 0.1) is 12.6 Å². The number of amides is 1. The van der Waals surface area contributed by atoms with Crippen LogP contribution in [0.5, 0.6) is 5.75 Å². The van der Waals surface area contributed by atoms with Gasteiger partial charge in [-0.05, 0) is 44.4 Å². The Labute approximate surface area is 114 Å². The van der Waals surface area contributed by atoms with Gasteiger partial charge >= 0.3 is 0 Å². The van der Waals surface area contributed by atoms with Crippen LogP contribution in [0.1, 0.15) is 38.3 Å². The third kappa shape index (κ3) is 3.70. The first kappa shape index (κ1) is 13.9. The molecule has 1 heterocycles. The molecule has 104 valence electrons. The van der Waals surface area contributed by atoms with Crippen molar-refractivity contribution in [3.05, 3.63) is 29.8 Å². The minimum Gasteiger partial charge on any atom is -0.494 e. The van der Waals surface area contributed by atoms with Crippen LogP contribution in [0.3, 0.4) is 0 Å². The molecule has 1 fully saturated rings. The Balaban J connectivity index is 1.91. The van der Waals surface area contributed by atoms with Gasteiger partial charge in [-0.1, -0.05) is 12.1 Å². The number of benzene rings is 1. The van der Waals surface area contributed by atoms with Crippen LogP contribution in [-0.4, -0.2) is 25.2 Å². The molecule has 0 aliphatic carbocycles. The largest absolute Gasteiger partial charge is 0.494 e. The van der Waals surface area contributed by atoms with Crippen molar-refractivity contribution in [3.8, 4) is 5.75 Å². The summed E-state index contributed by atoms with van der Waals surface area (Å²) in [7, 11) is 0. The molecule has 0 aromatic heterocycles.